The molecule has 2 rings (SSSR count). The van der Waals surface area contributed by atoms with Gasteiger partial charge < -0.3 is 10.6 Å². The summed E-state index contributed by atoms with van der Waals surface area (Å²) >= 11 is 5.92. The highest BCUT2D eigenvalue weighted by molar-refractivity contribution is 14.1. The molecule has 0 aromatic carbocycles. The first kappa shape index (κ1) is 14.8. The van der Waals surface area contributed by atoms with Gasteiger partial charge in [0.2, 0.25) is 0 Å². The molecule has 2 N–H and O–H groups in total. The van der Waals surface area contributed by atoms with Gasteiger partial charge in [-0.3, -0.25) is 4.99 Å². The van der Waals surface area contributed by atoms with Crippen molar-refractivity contribution in [3.63, 3.8) is 0 Å². The van der Waals surface area contributed by atoms with Crippen molar-refractivity contribution < 1.29 is 0 Å². The first-order valence-corrected chi connectivity index (χ1v) is 8.81. The van der Waals surface area contributed by atoms with Crippen molar-refractivity contribution in [2.75, 3.05) is 13.6 Å². The van der Waals surface area contributed by atoms with E-state index in [0.29, 0.717) is 0 Å². The highest BCUT2D eigenvalue weighted by Crippen LogP contribution is 2.18. The molecule has 0 aliphatic heterocycles. The van der Waals surface area contributed by atoms with Crippen LogP contribution in [0.25, 0.3) is 0 Å². The molecule has 0 atom stereocenters. The van der Waals surface area contributed by atoms with E-state index < -0.39 is 0 Å². The number of rotatable bonds is 5. The number of aliphatic imine (C=N–C) groups is 1. The molecule has 0 amide bonds. The molecule has 0 aliphatic carbocycles. The maximum absolute atomic E-state index is 4.22. The van der Waals surface area contributed by atoms with E-state index in [1.165, 1.54) is 13.3 Å². The SMILES string of the molecule is CN=C(NCCc1ccc(I)s1)NCc1ccsc1. The Morgan fingerprint density at radius 2 is 2.21 bits per heavy atom. The van der Waals surface area contributed by atoms with E-state index in [9.17, 15) is 0 Å². The molecular weight excluding hydrogens is 389 g/mol. The zero-order chi connectivity index (χ0) is 13.5. The van der Waals surface area contributed by atoms with Crippen molar-refractivity contribution in [1.29, 1.82) is 0 Å². The van der Waals surface area contributed by atoms with E-state index in [-0.39, 0.29) is 0 Å². The number of nitrogens with zero attached hydrogens (tertiary/aromatic N) is 1. The van der Waals surface area contributed by atoms with Crippen LogP contribution in [0.3, 0.4) is 0 Å². The number of nitrogens with one attached hydrogen (secondary N) is 2. The molecule has 3 nitrogen and oxygen atoms in total. The van der Waals surface area contributed by atoms with Crippen LogP contribution in [-0.2, 0) is 13.0 Å². The molecule has 2 aromatic rings. The van der Waals surface area contributed by atoms with Crippen molar-refractivity contribution >= 4 is 51.2 Å². The summed E-state index contributed by atoms with van der Waals surface area (Å²) in [5.74, 6) is 0.859. The second-order valence-electron chi connectivity index (χ2n) is 3.94. The van der Waals surface area contributed by atoms with Gasteiger partial charge in [-0.2, -0.15) is 11.3 Å². The zero-order valence-corrected chi connectivity index (χ0v) is 14.4. The molecule has 2 aromatic heterocycles. The quantitative estimate of drug-likeness (QED) is 0.455. The van der Waals surface area contributed by atoms with E-state index in [0.717, 1.165) is 25.5 Å². The number of hydrogen-bond acceptors (Lipinski definition) is 3. The molecule has 2 heterocycles. The fourth-order valence-electron chi connectivity index (χ4n) is 1.59. The van der Waals surface area contributed by atoms with Crippen LogP contribution in [0, 0.1) is 2.88 Å². The molecule has 0 radical (unpaired) electrons. The maximum atomic E-state index is 4.22. The van der Waals surface area contributed by atoms with Crippen molar-refractivity contribution in [3.8, 4) is 0 Å². The second kappa shape index (κ2) is 7.86. The predicted octanol–water partition coefficient (Wildman–Crippen LogP) is 3.32. The molecule has 0 saturated carbocycles. The van der Waals surface area contributed by atoms with Crippen LogP contribution in [0.1, 0.15) is 10.4 Å². The Balaban J connectivity index is 1.71. The number of guanidine groups is 1. The minimum Gasteiger partial charge on any atom is -0.356 e. The van der Waals surface area contributed by atoms with Gasteiger partial charge in [-0.05, 0) is 63.5 Å². The summed E-state index contributed by atoms with van der Waals surface area (Å²) < 4.78 is 1.34. The molecule has 6 heteroatoms. The molecule has 19 heavy (non-hydrogen) atoms. The lowest BCUT2D eigenvalue weighted by Crippen LogP contribution is -2.37. The van der Waals surface area contributed by atoms with Crippen LogP contribution < -0.4 is 10.6 Å². The standard InChI is InChI=1S/C13H16IN3S2/c1-15-13(17-8-10-5-7-18-9-10)16-6-4-11-2-3-12(14)19-11/h2-3,5,7,9H,4,6,8H2,1H3,(H2,15,16,17). The monoisotopic (exact) mass is 405 g/mol. The van der Waals surface area contributed by atoms with Gasteiger partial charge in [-0.15, -0.1) is 11.3 Å². The van der Waals surface area contributed by atoms with Crippen molar-refractivity contribution in [3.05, 3.63) is 42.3 Å². The summed E-state index contributed by atoms with van der Waals surface area (Å²) in [6.45, 7) is 1.72. The Morgan fingerprint density at radius 1 is 1.32 bits per heavy atom. The normalized spacial score (nSPS) is 11.6. The number of hydrogen-bond donors (Lipinski definition) is 2. The van der Waals surface area contributed by atoms with Crippen molar-refractivity contribution in [2.24, 2.45) is 4.99 Å². The molecule has 0 unspecified atom stereocenters. The van der Waals surface area contributed by atoms with E-state index in [2.05, 4.69) is 67.2 Å². The topological polar surface area (TPSA) is 36.4 Å². The van der Waals surface area contributed by atoms with Gasteiger partial charge in [0.25, 0.3) is 0 Å². The van der Waals surface area contributed by atoms with E-state index in [4.69, 9.17) is 0 Å². The van der Waals surface area contributed by atoms with Gasteiger partial charge in [0, 0.05) is 25.0 Å². The average Bonchev–Trinajstić information content (AvgIpc) is 3.05. The lowest BCUT2D eigenvalue weighted by Gasteiger charge is -2.10. The van der Waals surface area contributed by atoms with Gasteiger partial charge in [0.05, 0.1) is 2.88 Å². The molecule has 0 aliphatic rings. The molecule has 0 saturated heterocycles. The smallest absolute Gasteiger partial charge is 0.191 e. The Kier molecular flexibility index (Phi) is 6.12. The lowest BCUT2D eigenvalue weighted by molar-refractivity contribution is 0.800. The first-order valence-electron chi connectivity index (χ1n) is 5.98. The van der Waals surface area contributed by atoms with E-state index in [1.807, 2.05) is 11.3 Å². The van der Waals surface area contributed by atoms with Gasteiger partial charge >= 0.3 is 0 Å². The Labute approximate surface area is 135 Å². The van der Waals surface area contributed by atoms with Crippen molar-refractivity contribution in [1.82, 2.24) is 10.6 Å². The summed E-state index contributed by atoms with van der Waals surface area (Å²) in [4.78, 5) is 5.63. The molecule has 0 bridgehead atoms. The van der Waals surface area contributed by atoms with Crippen LogP contribution in [0.4, 0.5) is 0 Å². The van der Waals surface area contributed by atoms with Gasteiger partial charge in [0.15, 0.2) is 5.96 Å². The fourth-order valence-corrected chi connectivity index (χ4v) is 4.01. The van der Waals surface area contributed by atoms with Crippen LogP contribution in [-0.4, -0.2) is 19.6 Å². The Bertz CT molecular complexity index is 520. The Hall–Kier alpha value is -0.600. The minimum atomic E-state index is 0.820. The summed E-state index contributed by atoms with van der Waals surface area (Å²) in [7, 11) is 1.80. The number of thiophene rings is 2. The third kappa shape index (κ3) is 5.12. The van der Waals surface area contributed by atoms with Gasteiger partial charge in [0.1, 0.15) is 0 Å². The maximum Gasteiger partial charge on any atom is 0.191 e. The highest BCUT2D eigenvalue weighted by atomic mass is 127. The third-order valence-corrected chi connectivity index (χ3v) is 5.24. The lowest BCUT2D eigenvalue weighted by atomic mass is 10.3. The highest BCUT2D eigenvalue weighted by Gasteiger charge is 2.00. The average molecular weight is 405 g/mol. The third-order valence-electron chi connectivity index (χ3n) is 2.56. The number of halogens is 1. The van der Waals surface area contributed by atoms with Crippen molar-refractivity contribution in [2.45, 2.75) is 13.0 Å². The zero-order valence-electron chi connectivity index (χ0n) is 10.6. The van der Waals surface area contributed by atoms with Crippen LogP contribution in [0.5, 0.6) is 0 Å². The summed E-state index contributed by atoms with van der Waals surface area (Å²) in [6, 6.07) is 6.47. The first-order chi connectivity index (χ1) is 9.28. The minimum absolute atomic E-state index is 0.820. The molecule has 0 spiro atoms. The van der Waals surface area contributed by atoms with Gasteiger partial charge in [-0.1, -0.05) is 0 Å². The summed E-state index contributed by atoms with van der Waals surface area (Å²) in [5, 5.41) is 10.9. The van der Waals surface area contributed by atoms with Crippen LogP contribution >= 0.6 is 45.3 Å². The summed E-state index contributed by atoms with van der Waals surface area (Å²) in [5.41, 5.74) is 1.29. The fraction of sp³-hybridized carbons (Fsp3) is 0.308. The van der Waals surface area contributed by atoms with Crippen LogP contribution in [0.15, 0.2) is 34.0 Å². The van der Waals surface area contributed by atoms with E-state index in [1.54, 1.807) is 18.4 Å². The van der Waals surface area contributed by atoms with E-state index >= 15 is 0 Å². The van der Waals surface area contributed by atoms with Crippen LogP contribution in [0.2, 0.25) is 0 Å². The molecule has 102 valence electrons. The largest absolute Gasteiger partial charge is 0.356 e. The molecule has 0 fully saturated rings. The second-order valence-corrected chi connectivity index (χ2v) is 7.78. The Morgan fingerprint density at radius 3 is 2.84 bits per heavy atom. The molecular formula is C13H16IN3S2. The van der Waals surface area contributed by atoms with Gasteiger partial charge in [-0.25, -0.2) is 0 Å². The summed E-state index contributed by atoms with van der Waals surface area (Å²) in [6.07, 6.45) is 1.03. The predicted molar refractivity (Wildman–Crippen MR) is 93.3 cm³/mol.